The van der Waals surface area contributed by atoms with Gasteiger partial charge in [0.2, 0.25) is 11.7 Å². The standard InChI is InChI=1S/C10H12N6O3/c1-5-2-3-12-10-14-8(15-16(5)10)9(19)13-4-6(17)7(11)18/h2-3,6,17H,4H2,1H3,(H2,11,18)(H,13,19). The molecule has 19 heavy (non-hydrogen) atoms. The number of aliphatic hydroxyl groups is 1. The Morgan fingerprint density at radius 3 is 2.95 bits per heavy atom. The largest absolute Gasteiger partial charge is 0.381 e. The Kier molecular flexibility index (Phi) is 3.38. The summed E-state index contributed by atoms with van der Waals surface area (Å²) >= 11 is 0. The highest BCUT2D eigenvalue weighted by molar-refractivity contribution is 5.91. The van der Waals surface area contributed by atoms with Crippen molar-refractivity contribution in [3.8, 4) is 0 Å². The molecule has 2 amide bonds. The number of fused-ring (bicyclic) bond motifs is 1. The molecule has 100 valence electrons. The highest BCUT2D eigenvalue weighted by Crippen LogP contribution is 2.01. The van der Waals surface area contributed by atoms with Gasteiger partial charge in [-0.2, -0.15) is 4.98 Å². The van der Waals surface area contributed by atoms with Crippen LogP contribution in [0.25, 0.3) is 5.78 Å². The minimum Gasteiger partial charge on any atom is -0.381 e. The lowest BCUT2D eigenvalue weighted by atomic mass is 10.3. The molecule has 0 aliphatic heterocycles. The van der Waals surface area contributed by atoms with Gasteiger partial charge in [0.05, 0.1) is 6.54 Å². The van der Waals surface area contributed by atoms with Crippen LogP contribution >= 0.6 is 0 Å². The maximum Gasteiger partial charge on any atom is 0.291 e. The Morgan fingerprint density at radius 2 is 2.32 bits per heavy atom. The Labute approximate surface area is 107 Å². The zero-order valence-corrected chi connectivity index (χ0v) is 10.1. The van der Waals surface area contributed by atoms with Crippen LogP contribution in [0.2, 0.25) is 0 Å². The quantitative estimate of drug-likeness (QED) is 0.585. The van der Waals surface area contributed by atoms with Gasteiger partial charge in [0.25, 0.3) is 11.7 Å². The third-order valence-electron chi connectivity index (χ3n) is 2.42. The van der Waals surface area contributed by atoms with Crippen LogP contribution in [0, 0.1) is 6.92 Å². The summed E-state index contributed by atoms with van der Waals surface area (Å²) in [6.45, 7) is 1.50. The van der Waals surface area contributed by atoms with E-state index in [1.54, 1.807) is 19.2 Å². The molecule has 1 atom stereocenters. The number of aromatic nitrogens is 4. The van der Waals surface area contributed by atoms with Crippen LogP contribution in [0.5, 0.6) is 0 Å². The topological polar surface area (TPSA) is 135 Å². The second-order valence-electron chi connectivity index (χ2n) is 3.86. The number of hydrogen-bond donors (Lipinski definition) is 3. The molecule has 2 heterocycles. The molecule has 2 aromatic rings. The van der Waals surface area contributed by atoms with Crippen LogP contribution in [0.4, 0.5) is 0 Å². The number of nitrogens with two attached hydrogens (primary N) is 1. The summed E-state index contributed by atoms with van der Waals surface area (Å²) in [5, 5.41) is 15.4. The first-order chi connectivity index (χ1) is 8.99. The number of primary amides is 1. The van der Waals surface area contributed by atoms with Crippen molar-refractivity contribution in [3.63, 3.8) is 0 Å². The maximum absolute atomic E-state index is 11.7. The van der Waals surface area contributed by atoms with Gasteiger partial charge >= 0.3 is 0 Å². The van der Waals surface area contributed by atoms with E-state index in [0.29, 0.717) is 5.78 Å². The van der Waals surface area contributed by atoms with Crippen molar-refractivity contribution in [1.29, 1.82) is 0 Å². The fourth-order valence-electron chi connectivity index (χ4n) is 1.37. The molecule has 2 aromatic heterocycles. The van der Waals surface area contributed by atoms with E-state index in [0.717, 1.165) is 5.69 Å². The van der Waals surface area contributed by atoms with Gasteiger partial charge in [-0.15, -0.1) is 5.10 Å². The van der Waals surface area contributed by atoms with E-state index in [-0.39, 0.29) is 12.4 Å². The Bertz CT molecular complexity index is 637. The zero-order chi connectivity index (χ0) is 14.0. The third-order valence-corrected chi connectivity index (χ3v) is 2.42. The van der Waals surface area contributed by atoms with Gasteiger partial charge in [-0.3, -0.25) is 9.59 Å². The van der Waals surface area contributed by atoms with Crippen molar-refractivity contribution >= 4 is 17.6 Å². The first-order valence-electron chi connectivity index (χ1n) is 5.43. The SMILES string of the molecule is Cc1ccnc2nc(C(=O)NCC(O)C(N)=O)nn12. The maximum atomic E-state index is 11.7. The fourth-order valence-corrected chi connectivity index (χ4v) is 1.37. The van der Waals surface area contributed by atoms with E-state index in [9.17, 15) is 9.59 Å². The molecule has 9 nitrogen and oxygen atoms in total. The summed E-state index contributed by atoms with van der Waals surface area (Å²) in [6, 6.07) is 1.72. The number of nitrogens with one attached hydrogen (secondary N) is 1. The molecule has 0 saturated carbocycles. The molecule has 0 radical (unpaired) electrons. The van der Waals surface area contributed by atoms with Gasteiger partial charge in [-0.25, -0.2) is 9.50 Å². The number of hydrogen-bond acceptors (Lipinski definition) is 6. The van der Waals surface area contributed by atoms with Crippen LogP contribution in [0.3, 0.4) is 0 Å². The third kappa shape index (κ3) is 2.65. The van der Waals surface area contributed by atoms with E-state index >= 15 is 0 Å². The Morgan fingerprint density at radius 1 is 1.58 bits per heavy atom. The van der Waals surface area contributed by atoms with Crippen LogP contribution < -0.4 is 11.1 Å². The second-order valence-corrected chi connectivity index (χ2v) is 3.86. The molecule has 0 spiro atoms. The molecule has 2 rings (SSSR count). The molecule has 1 unspecified atom stereocenters. The van der Waals surface area contributed by atoms with Gasteiger partial charge in [-0.05, 0) is 13.0 Å². The highest BCUT2D eigenvalue weighted by atomic mass is 16.3. The van der Waals surface area contributed by atoms with Crippen molar-refractivity contribution < 1.29 is 14.7 Å². The summed E-state index contributed by atoms with van der Waals surface area (Å²) in [4.78, 5) is 30.2. The van der Waals surface area contributed by atoms with E-state index < -0.39 is 17.9 Å². The Balaban J connectivity index is 2.14. The number of amides is 2. The summed E-state index contributed by atoms with van der Waals surface area (Å²) in [5.74, 6) is -1.34. The summed E-state index contributed by atoms with van der Waals surface area (Å²) < 4.78 is 1.42. The lowest BCUT2D eigenvalue weighted by molar-refractivity contribution is -0.125. The molecule has 9 heteroatoms. The molecule has 4 N–H and O–H groups in total. The lowest BCUT2D eigenvalue weighted by Gasteiger charge is -2.06. The van der Waals surface area contributed by atoms with E-state index in [4.69, 9.17) is 10.8 Å². The van der Waals surface area contributed by atoms with Crippen LogP contribution in [0.15, 0.2) is 12.3 Å². The van der Waals surface area contributed by atoms with Gasteiger partial charge in [0.15, 0.2) is 0 Å². The Hall–Kier alpha value is -2.55. The van der Waals surface area contributed by atoms with Gasteiger partial charge in [0.1, 0.15) is 6.10 Å². The van der Waals surface area contributed by atoms with E-state index in [1.807, 2.05) is 0 Å². The van der Waals surface area contributed by atoms with Crippen molar-refractivity contribution in [2.45, 2.75) is 13.0 Å². The lowest BCUT2D eigenvalue weighted by Crippen LogP contribution is -2.40. The minimum absolute atomic E-state index is 0.0986. The predicted molar refractivity (Wildman–Crippen MR) is 63.1 cm³/mol. The smallest absolute Gasteiger partial charge is 0.291 e. The second kappa shape index (κ2) is 4.98. The molecule has 0 saturated heterocycles. The number of aliphatic hydroxyl groups excluding tert-OH is 1. The predicted octanol–water partition coefficient (Wildman–Crippen LogP) is -1.99. The van der Waals surface area contributed by atoms with Gasteiger partial charge in [-0.1, -0.05) is 0 Å². The molecule has 0 fully saturated rings. The molecule has 0 bridgehead atoms. The first kappa shape index (κ1) is 12.9. The summed E-state index contributed by atoms with van der Waals surface area (Å²) in [5.41, 5.74) is 5.63. The highest BCUT2D eigenvalue weighted by Gasteiger charge is 2.17. The molecule has 0 aliphatic rings. The normalized spacial score (nSPS) is 12.3. The van der Waals surface area contributed by atoms with Crippen molar-refractivity contribution in [2.24, 2.45) is 5.73 Å². The summed E-state index contributed by atoms with van der Waals surface area (Å²) in [7, 11) is 0. The van der Waals surface area contributed by atoms with E-state index in [1.165, 1.54) is 4.52 Å². The van der Waals surface area contributed by atoms with Crippen molar-refractivity contribution in [2.75, 3.05) is 6.54 Å². The molecular formula is C10H12N6O3. The number of carbonyl (C=O) groups is 2. The fraction of sp³-hybridized carbons (Fsp3) is 0.300. The van der Waals surface area contributed by atoms with Crippen LogP contribution in [0.1, 0.15) is 16.3 Å². The van der Waals surface area contributed by atoms with Gasteiger partial charge in [0, 0.05) is 11.9 Å². The number of aryl methyl sites for hydroxylation is 1. The first-order valence-corrected chi connectivity index (χ1v) is 5.43. The number of nitrogens with zero attached hydrogens (tertiary/aromatic N) is 4. The molecular weight excluding hydrogens is 252 g/mol. The molecule has 0 aromatic carbocycles. The van der Waals surface area contributed by atoms with Crippen molar-refractivity contribution in [3.05, 3.63) is 23.8 Å². The average molecular weight is 264 g/mol. The number of rotatable bonds is 4. The van der Waals surface area contributed by atoms with Crippen molar-refractivity contribution in [1.82, 2.24) is 24.9 Å². The molecule has 0 aliphatic carbocycles. The summed E-state index contributed by atoms with van der Waals surface area (Å²) in [6.07, 6.45) is 0.110. The van der Waals surface area contributed by atoms with Gasteiger partial charge < -0.3 is 16.2 Å². The van der Waals surface area contributed by atoms with Crippen LogP contribution in [-0.4, -0.2) is 49.2 Å². The zero-order valence-electron chi connectivity index (χ0n) is 10.1. The van der Waals surface area contributed by atoms with Crippen LogP contribution in [-0.2, 0) is 4.79 Å². The van der Waals surface area contributed by atoms with E-state index in [2.05, 4.69) is 20.4 Å². The average Bonchev–Trinajstić information content (AvgIpc) is 2.80. The monoisotopic (exact) mass is 264 g/mol. The number of carbonyl (C=O) groups excluding carboxylic acids is 2. The minimum atomic E-state index is -1.44.